The molecule has 0 fully saturated rings. The molecule has 0 radical (unpaired) electrons. The van der Waals surface area contributed by atoms with Gasteiger partial charge in [0, 0.05) is 10.6 Å². The fraction of sp³-hybridized carbons (Fsp3) is 0.250. The van der Waals surface area contributed by atoms with E-state index in [-0.39, 0.29) is 15.9 Å². The first-order valence-electron chi connectivity index (χ1n) is 6.81. The number of alkyl halides is 4. The summed E-state index contributed by atoms with van der Waals surface area (Å²) in [7, 11) is 0. The molecule has 3 nitrogen and oxygen atoms in total. The molecule has 24 heavy (non-hydrogen) atoms. The van der Waals surface area contributed by atoms with Crippen molar-refractivity contribution < 1.29 is 22.8 Å². The number of halogens is 5. The molecule has 0 aromatic heterocycles. The summed E-state index contributed by atoms with van der Waals surface area (Å²) in [4.78, 5) is 24.3. The van der Waals surface area contributed by atoms with Gasteiger partial charge in [-0.25, -0.2) is 0 Å². The maximum atomic E-state index is 13.8. The molecule has 0 aliphatic heterocycles. The summed E-state index contributed by atoms with van der Waals surface area (Å²) < 4.78 is 41.4. The third kappa shape index (κ3) is 3.57. The van der Waals surface area contributed by atoms with E-state index in [1.165, 1.54) is 30.3 Å². The molecule has 1 aromatic carbocycles. The third-order valence-corrected chi connectivity index (χ3v) is 4.34. The molecule has 0 saturated heterocycles. The smallest absolute Gasteiger partial charge is 0.337 e. The molecule has 1 aliphatic rings. The minimum Gasteiger partial charge on any atom is -0.337 e. The summed E-state index contributed by atoms with van der Waals surface area (Å²) >= 11 is 8.63. The van der Waals surface area contributed by atoms with E-state index in [1.807, 2.05) is 5.32 Å². The van der Waals surface area contributed by atoms with Gasteiger partial charge in [0.25, 0.3) is 0 Å². The maximum Gasteiger partial charge on any atom is 0.416 e. The van der Waals surface area contributed by atoms with Gasteiger partial charge in [0.1, 0.15) is 0 Å². The van der Waals surface area contributed by atoms with Crippen molar-refractivity contribution in [3.05, 3.63) is 59.2 Å². The zero-order valence-corrected chi connectivity index (χ0v) is 14.5. The summed E-state index contributed by atoms with van der Waals surface area (Å²) in [6, 6.07) is 5.67. The van der Waals surface area contributed by atoms with Crippen molar-refractivity contribution in [2.24, 2.45) is 5.92 Å². The van der Waals surface area contributed by atoms with Crippen LogP contribution >= 0.6 is 27.5 Å². The van der Waals surface area contributed by atoms with Gasteiger partial charge in [-0.15, -0.1) is 0 Å². The molecule has 2 rings (SSSR count). The van der Waals surface area contributed by atoms with Crippen molar-refractivity contribution in [2.45, 2.75) is 11.7 Å². The van der Waals surface area contributed by atoms with Crippen LogP contribution < -0.4 is 5.32 Å². The molecule has 0 spiro atoms. The van der Waals surface area contributed by atoms with Crippen molar-refractivity contribution in [2.75, 3.05) is 5.33 Å². The SMILES string of the molecule is O=C(CBr)NC1(C(F)(F)F)C=CC=CC1C(=O)c1cccc(Cl)c1. The molecule has 1 aliphatic carbocycles. The van der Waals surface area contributed by atoms with E-state index in [1.54, 1.807) is 0 Å². The highest BCUT2D eigenvalue weighted by Gasteiger charge is 2.60. The van der Waals surface area contributed by atoms with Crippen LogP contribution in [0.1, 0.15) is 10.4 Å². The second-order valence-electron chi connectivity index (χ2n) is 5.14. The Kier molecular flexibility index (Phi) is 5.55. The standard InChI is InChI=1S/C16H12BrClF3NO2/c17-9-13(23)22-15(16(19,20)21)7-2-1-6-12(15)14(24)10-4-3-5-11(18)8-10/h1-8,12H,9H2,(H,22,23). The lowest BCUT2D eigenvalue weighted by Crippen LogP contribution is -2.64. The lowest BCUT2D eigenvalue weighted by molar-refractivity contribution is -0.190. The Morgan fingerprint density at radius 1 is 1.29 bits per heavy atom. The van der Waals surface area contributed by atoms with Crippen molar-refractivity contribution in [3.63, 3.8) is 0 Å². The fourth-order valence-electron chi connectivity index (χ4n) is 2.48. The summed E-state index contributed by atoms with van der Waals surface area (Å²) in [5.41, 5.74) is -2.78. The molecule has 128 valence electrons. The van der Waals surface area contributed by atoms with Gasteiger partial charge in [-0.2, -0.15) is 13.2 Å². The normalized spacial score (nSPS) is 23.1. The largest absolute Gasteiger partial charge is 0.416 e. The zero-order chi connectivity index (χ0) is 18.0. The maximum absolute atomic E-state index is 13.8. The predicted molar refractivity (Wildman–Crippen MR) is 88.3 cm³/mol. The fourth-order valence-corrected chi connectivity index (χ4v) is 2.81. The van der Waals surface area contributed by atoms with Crippen LogP contribution in [0.15, 0.2) is 48.6 Å². The van der Waals surface area contributed by atoms with Crippen LogP contribution in [0.25, 0.3) is 0 Å². The molecule has 0 heterocycles. The molecule has 2 unspecified atom stereocenters. The number of carbonyl (C=O) groups is 2. The summed E-state index contributed by atoms with van der Waals surface area (Å²) in [5, 5.41) is 1.85. The monoisotopic (exact) mass is 421 g/mol. The van der Waals surface area contributed by atoms with Crippen LogP contribution in [0.2, 0.25) is 5.02 Å². The van der Waals surface area contributed by atoms with Gasteiger partial charge >= 0.3 is 6.18 Å². The van der Waals surface area contributed by atoms with Gasteiger partial charge in [-0.1, -0.05) is 57.9 Å². The highest BCUT2D eigenvalue weighted by atomic mass is 79.9. The van der Waals surface area contributed by atoms with Crippen molar-refractivity contribution in [1.29, 1.82) is 0 Å². The second-order valence-corrected chi connectivity index (χ2v) is 6.14. The van der Waals surface area contributed by atoms with Crippen LogP contribution in [0.5, 0.6) is 0 Å². The van der Waals surface area contributed by atoms with Crippen LogP contribution in [0.3, 0.4) is 0 Å². The van der Waals surface area contributed by atoms with Crippen molar-refractivity contribution in [3.8, 4) is 0 Å². The van der Waals surface area contributed by atoms with Crippen molar-refractivity contribution >= 4 is 39.2 Å². The molecule has 8 heteroatoms. The lowest BCUT2D eigenvalue weighted by atomic mass is 9.75. The third-order valence-electron chi connectivity index (χ3n) is 3.59. The minimum atomic E-state index is -4.87. The van der Waals surface area contributed by atoms with Gasteiger partial charge in [-0.05, 0) is 18.2 Å². The first-order chi connectivity index (χ1) is 11.2. The van der Waals surface area contributed by atoms with Gasteiger partial charge in [0.15, 0.2) is 11.3 Å². The Balaban J connectivity index is 2.51. The van der Waals surface area contributed by atoms with Crippen LogP contribution in [0.4, 0.5) is 13.2 Å². The Morgan fingerprint density at radius 3 is 2.58 bits per heavy atom. The lowest BCUT2D eigenvalue weighted by Gasteiger charge is -2.39. The van der Waals surface area contributed by atoms with E-state index in [9.17, 15) is 22.8 Å². The Labute approximate surface area is 149 Å². The highest BCUT2D eigenvalue weighted by Crippen LogP contribution is 2.41. The Hall–Kier alpha value is -1.60. The number of rotatable bonds is 4. The van der Waals surface area contributed by atoms with Crippen molar-refractivity contribution in [1.82, 2.24) is 5.32 Å². The summed E-state index contributed by atoms with van der Waals surface area (Å²) in [5.74, 6) is -3.30. The Bertz CT molecular complexity index is 718. The number of carbonyl (C=O) groups excluding carboxylic acids is 2. The second kappa shape index (κ2) is 7.11. The average Bonchev–Trinajstić information content (AvgIpc) is 2.53. The number of nitrogens with one attached hydrogen (secondary N) is 1. The molecule has 1 aromatic rings. The number of amides is 1. The van der Waals surface area contributed by atoms with Gasteiger partial charge in [0.2, 0.25) is 5.91 Å². The van der Waals surface area contributed by atoms with Crippen LogP contribution in [-0.4, -0.2) is 28.7 Å². The summed E-state index contributed by atoms with van der Waals surface area (Å²) in [6.45, 7) is 0. The van der Waals surface area contributed by atoms with E-state index in [4.69, 9.17) is 11.6 Å². The van der Waals surface area contributed by atoms with E-state index >= 15 is 0 Å². The quantitative estimate of drug-likeness (QED) is 0.587. The number of ketones is 1. The highest BCUT2D eigenvalue weighted by molar-refractivity contribution is 9.09. The molecule has 1 amide bonds. The number of hydrogen-bond acceptors (Lipinski definition) is 2. The van der Waals surface area contributed by atoms with Crippen LogP contribution in [-0.2, 0) is 4.79 Å². The predicted octanol–water partition coefficient (Wildman–Crippen LogP) is 4.08. The zero-order valence-electron chi connectivity index (χ0n) is 12.1. The molecular formula is C16H12BrClF3NO2. The number of Topliss-reactive ketones (excluding diaryl/α,β-unsaturated/α-hetero) is 1. The van der Waals surface area contributed by atoms with E-state index in [0.29, 0.717) is 0 Å². The molecular weight excluding hydrogens is 411 g/mol. The van der Waals surface area contributed by atoms with Gasteiger partial charge in [-0.3, -0.25) is 9.59 Å². The molecule has 0 saturated carbocycles. The average molecular weight is 423 g/mol. The number of benzene rings is 1. The van der Waals surface area contributed by atoms with Crippen LogP contribution in [0, 0.1) is 5.92 Å². The topological polar surface area (TPSA) is 46.2 Å². The van der Waals surface area contributed by atoms with Gasteiger partial charge in [0.05, 0.1) is 11.2 Å². The number of allylic oxidation sites excluding steroid dienone is 2. The van der Waals surface area contributed by atoms with Gasteiger partial charge < -0.3 is 5.32 Å². The number of hydrogen-bond donors (Lipinski definition) is 1. The molecule has 1 N–H and O–H groups in total. The van der Waals surface area contributed by atoms with E-state index < -0.39 is 29.3 Å². The molecule has 2 atom stereocenters. The summed E-state index contributed by atoms with van der Waals surface area (Å²) in [6.07, 6.45) is -0.446. The first kappa shape index (κ1) is 18.7. The van der Waals surface area contributed by atoms with E-state index in [2.05, 4.69) is 15.9 Å². The Morgan fingerprint density at radius 2 is 2.00 bits per heavy atom. The van der Waals surface area contributed by atoms with E-state index in [0.717, 1.165) is 18.2 Å². The first-order valence-corrected chi connectivity index (χ1v) is 8.31. The minimum absolute atomic E-state index is 0.0363. The molecule has 0 bridgehead atoms.